The molecule has 0 saturated carbocycles. The van der Waals surface area contributed by atoms with Crippen LogP contribution in [-0.4, -0.2) is 41.3 Å². The Morgan fingerprint density at radius 3 is 2.35 bits per heavy atom. The molecule has 0 aliphatic rings. The number of benzene rings is 3. The van der Waals surface area contributed by atoms with Gasteiger partial charge in [0, 0.05) is 16.7 Å². The van der Waals surface area contributed by atoms with Gasteiger partial charge in [0.2, 0.25) is 0 Å². The molecule has 0 spiro atoms. The lowest BCUT2D eigenvalue weighted by molar-refractivity contribution is -0.119. The van der Waals surface area contributed by atoms with Gasteiger partial charge in [-0.2, -0.15) is 5.10 Å². The summed E-state index contributed by atoms with van der Waals surface area (Å²) < 4.78 is 38.4. The Hall–Kier alpha value is -3.27. The number of hydrogen-bond donors (Lipinski definition) is 1. The van der Waals surface area contributed by atoms with Gasteiger partial charge in [-0.1, -0.05) is 47.5 Å². The number of rotatable bonds is 9. The van der Waals surface area contributed by atoms with Crippen LogP contribution >= 0.6 is 23.2 Å². The first kappa shape index (κ1) is 25.4. The lowest BCUT2D eigenvalue weighted by Gasteiger charge is -2.24. The molecule has 0 saturated heterocycles. The van der Waals surface area contributed by atoms with E-state index in [2.05, 4.69) is 10.5 Å². The first-order chi connectivity index (χ1) is 16.3. The molecule has 0 heterocycles. The Bertz CT molecular complexity index is 1300. The summed E-state index contributed by atoms with van der Waals surface area (Å²) in [5.41, 5.74) is 3.16. The lowest BCUT2D eigenvalue weighted by atomic mass is 10.2. The Kier molecular flexibility index (Phi) is 8.38. The number of methoxy groups -OCH3 is 2. The summed E-state index contributed by atoms with van der Waals surface area (Å²) in [7, 11) is -1.29. The Morgan fingerprint density at radius 2 is 1.71 bits per heavy atom. The van der Waals surface area contributed by atoms with E-state index in [-0.39, 0.29) is 10.6 Å². The standard InChI is InChI=1S/C23H21Cl2N3O5S/c1-32-21-11-10-19(13-22(21)33-2)34(30,31)28(18-6-4-3-5-7-18)15-23(29)27-26-14-16-8-9-17(24)12-20(16)25/h3-14H,15H2,1-2H3,(H,27,29)/b26-14-. The summed E-state index contributed by atoms with van der Waals surface area (Å²) in [6.45, 7) is -0.521. The second-order valence-corrected chi connectivity index (χ2v) is 9.53. The Morgan fingerprint density at radius 1 is 1.00 bits per heavy atom. The van der Waals surface area contributed by atoms with Gasteiger partial charge >= 0.3 is 0 Å². The Balaban J connectivity index is 1.87. The zero-order chi connectivity index (χ0) is 24.7. The highest BCUT2D eigenvalue weighted by Gasteiger charge is 2.28. The number of nitrogens with one attached hydrogen (secondary N) is 1. The molecule has 1 N–H and O–H groups in total. The third-order valence-electron chi connectivity index (χ3n) is 4.63. The largest absolute Gasteiger partial charge is 0.493 e. The van der Waals surface area contributed by atoms with Crippen LogP contribution in [0.2, 0.25) is 10.0 Å². The molecular weight excluding hydrogens is 501 g/mol. The maximum absolute atomic E-state index is 13.5. The molecule has 0 aromatic heterocycles. The van der Waals surface area contributed by atoms with Crippen molar-refractivity contribution in [2.24, 2.45) is 5.10 Å². The van der Waals surface area contributed by atoms with Gasteiger partial charge in [0.15, 0.2) is 11.5 Å². The summed E-state index contributed by atoms with van der Waals surface area (Å²) in [6, 6.07) is 17.3. The van der Waals surface area contributed by atoms with E-state index in [1.54, 1.807) is 48.5 Å². The van der Waals surface area contributed by atoms with E-state index in [0.717, 1.165) is 4.31 Å². The lowest BCUT2D eigenvalue weighted by Crippen LogP contribution is -2.39. The van der Waals surface area contributed by atoms with Crippen molar-refractivity contribution in [2.75, 3.05) is 25.1 Å². The fourth-order valence-electron chi connectivity index (χ4n) is 2.96. The average Bonchev–Trinajstić information content (AvgIpc) is 2.83. The van der Waals surface area contributed by atoms with Gasteiger partial charge in [0.05, 0.1) is 36.0 Å². The number of hydrogen-bond acceptors (Lipinski definition) is 6. The number of carbonyl (C=O) groups is 1. The van der Waals surface area contributed by atoms with Crippen LogP contribution in [0.25, 0.3) is 0 Å². The fraction of sp³-hybridized carbons (Fsp3) is 0.130. The maximum atomic E-state index is 13.5. The minimum absolute atomic E-state index is 0.0711. The van der Waals surface area contributed by atoms with Gasteiger partial charge in [0.25, 0.3) is 15.9 Å². The van der Waals surface area contributed by atoms with Crippen LogP contribution in [0.1, 0.15) is 5.56 Å². The molecule has 0 aliphatic heterocycles. The van der Waals surface area contributed by atoms with E-state index in [0.29, 0.717) is 27.0 Å². The molecule has 0 atom stereocenters. The van der Waals surface area contributed by atoms with Crippen molar-refractivity contribution in [3.05, 3.63) is 82.3 Å². The Labute approximate surface area is 207 Å². The summed E-state index contributed by atoms with van der Waals surface area (Å²) in [5.74, 6) is -0.0413. The average molecular weight is 522 g/mol. The number of amides is 1. The number of anilines is 1. The van der Waals surface area contributed by atoms with Crippen molar-refractivity contribution in [2.45, 2.75) is 4.90 Å². The smallest absolute Gasteiger partial charge is 0.264 e. The van der Waals surface area contributed by atoms with Gasteiger partial charge in [0.1, 0.15) is 6.54 Å². The molecule has 0 unspecified atom stereocenters. The van der Waals surface area contributed by atoms with Crippen LogP contribution in [-0.2, 0) is 14.8 Å². The normalized spacial score (nSPS) is 11.3. The first-order valence-electron chi connectivity index (χ1n) is 9.83. The third-order valence-corrected chi connectivity index (χ3v) is 6.96. The molecule has 3 aromatic rings. The predicted octanol–water partition coefficient (Wildman–Crippen LogP) is 4.36. The van der Waals surface area contributed by atoms with Gasteiger partial charge < -0.3 is 9.47 Å². The number of halogens is 2. The van der Waals surface area contributed by atoms with Crippen molar-refractivity contribution in [1.29, 1.82) is 0 Å². The SMILES string of the molecule is COc1ccc(S(=O)(=O)N(CC(=O)N/N=C\c2ccc(Cl)cc2Cl)c2ccccc2)cc1OC. The summed E-state index contributed by atoms with van der Waals surface area (Å²) in [4.78, 5) is 12.6. The van der Waals surface area contributed by atoms with Crippen LogP contribution in [0.15, 0.2) is 76.7 Å². The van der Waals surface area contributed by atoms with Gasteiger partial charge in [-0.15, -0.1) is 0 Å². The molecule has 3 rings (SSSR count). The van der Waals surface area contributed by atoms with E-state index in [1.807, 2.05) is 0 Å². The maximum Gasteiger partial charge on any atom is 0.264 e. The number of carbonyl (C=O) groups excluding carboxylic acids is 1. The van der Waals surface area contributed by atoms with Crippen molar-refractivity contribution in [1.82, 2.24) is 5.43 Å². The van der Waals surface area contributed by atoms with Gasteiger partial charge in [-0.25, -0.2) is 13.8 Å². The van der Waals surface area contributed by atoms with Crippen LogP contribution in [0.5, 0.6) is 11.5 Å². The minimum atomic E-state index is -4.15. The monoisotopic (exact) mass is 521 g/mol. The molecule has 8 nitrogen and oxygen atoms in total. The molecule has 0 fully saturated rings. The molecule has 0 aliphatic carbocycles. The third kappa shape index (κ3) is 5.99. The van der Waals surface area contributed by atoms with Gasteiger partial charge in [-0.3, -0.25) is 9.10 Å². The van der Waals surface area contributed by atoms with Crippen molar-refractivity contribution in [3.8, 4) is 11.5 Å². The molecule has 178 valence electrons. The highest BCUT2D eigenvalue weighted by molar-refractivity contribution is 7.92. The number of sulfonamides is 1. The number of hydrazone groups is 1. The van der Waals surface area contributed by atoms with Crippen LogP contribution in [0, 0.1) is 0 Å². The topological polar surface area (TPSA) is 97.3 Å². The van der Waals surface area contributed by atoms with Crippen molar-refractivity contribution < 1.29 is 22.7 Å². The highest BCUT2D eigenvalue weighted by atomic mass is 35.5. The van der Waals surface area contributed by atoms with Crippen LogP contribution < -0.4 is 19.2 Å². The van der Waals surface area contributed by atoms with Crippen molar-refractivity contribution >= 4 is 51.0 Å². The van der Waals surface area contributed by atoms with E-state index < -0.39 is 22.5 Å². The molecule has 1 amide bonds. The summed E-state index contributed by atoms with van der Waals surface area (Å²) in [6.07, 6.45) is 1.34. The molecular formula is C23H21Cl2N3O5S. The molecule has 11 heteroatoms. The first-order valence-corrected chi connectivity index (χ1v) is 12.0. The molecule has 34 heavy (non-hydrogen) atoms. The zero-order valence-electron chi connectivity index (χ0n) is 18.2. The van der Waals surface area contributed by atoms with Crippen LogP contribution in [0.3, 0.4) is 0 Å². The van der Waals surface area contributed by atoms with Gasteiger partial charge in [-0.05, 0) is 36.4 Å². The second kappa shape index (κ2) is 11.2. The second-order valence-electron chi connectivity index (χ2n) is 6.82. The minimum Gasteiger partial charge on any atom is -0.493 e. The predicted molar refractivity (Wildman–Crippen MR) is 133 cm³/mol. The van der Waals surface area contributed by atoms with Crippen molar-refractivity contribution in [3.63, 3.8) is 0 Å². The number of ether oxygens (including phenoxy) is 2. The summed E-state index contributed by atoms with van der Waals surface area (Å²) >= 11 is 12.0. The van der Waals surface area contributed by atoms with E-state index >= 15 is 0 Å². The number of para-hydroxylation sites is 1. The highest BCUT2D eigenvalue weighted by Crippen LogP contribution is 2.32. The molecule has 0 radical (unpaired) electrons. The van der Waals surface area contributed by atoms with E-state index in [4.69, 9.17) is 32.7 Å². The van der Waals surface area contributed by atoms with E-state index in [1.165, 1.54) is 38.6 Å². The quantitative estimate of drug-likeness (QED) is 0.333. The fourth-order valence-corrected chi connectivity index (χ4v) is 4.85. The molecule has 0 bridgehead atoms. The zero-order valence-corrected chi connectivity index (χ0v) is 20.6. The molecule has 3 aromatic carbocycles. The summed E-state index contributed by atoms with van der Waals surface area (Å²) in [5, 5.41) is 4.69. The van der Waals surface area contributed by atoms with E-state index in [9.17, 15) is 13.2 Å². The number of nitrogens with zero attached hydrogens (tertiary/aromatic N) is 2. The van der Waals surface area contributed by atoms with Crippen LogP contribution in [0.4, 0.5) is 5.69 Å².